The van der Waals surface area contributed by atoms with Gasteiger partial charge in [-0.15, -0.1) is 0 Å². The lowest BCUT2D eigenvalue weighted by atomic mass is 10.1. The molecule has 0 bridgehead atoms. The van der Waals surface area contributed by atoms with Gasteiger partial charge in [-0.05, 0) is 44.5 Å². The highest BCUT2D eigenvalue weighted by molar-refractivity contribution is 5.93. The van der Waals surface area contributed by atoms with Crippen molar-refractivity contribution in [1.29, 1.82) is 0 Å². The predicted octanol–water partition coefficient (Wildman–Crippen LogP) is 4.74. The minimum Gasteiger partial charge on any atom is -0.491 e. The van der Waals surface area contributed by atoms with E-state index in [1.54, 1.807) is 24.3 Å². The van der Waals surface area contributed by atoms with Gasteiger partial charge in [0.25, 0.3) is 0 Å². The highest BCUT2D eigenvalue weighted by atomic mass is 16.5. The molecule has 0 aliphatic carbocycles. The summed E-state index contributed by atoms with van der Waals surface area (Å²) < 4.78 is 11.5. The minimum atomic E-state index is -0.456. The summed E-state index contributed by atoms with van der Waals surface area (Å²) in [7, 11) is 0. The molecule has 0 atom stereocenters. The largest absolute Gasteiger partial charge is 0.491 e. The maximum atomic E-state index is 11.2. The molecule has 152 valence electrons. The van der Waals surface area contributed by atoms with Crippen molar-refractivity contribution in [2.24, 2.45) is 5.73 Å². The van der Waals surface area contributed by atoms with Gasteiger partial charge in [0.2, 0.25) is 5.91 Å². The zero-order valence-corrected chi connectivity index (χ0v) is 17.1. The van der Waals surface area contributed by atoms with Gasteiger partial charge in [-0.1, -0.05) is 30.3 Å². The van der Waals surface area contributed by atoms with Gasteiger partial charge in [-0.3, -0.25) is 4.79 Å². The molecule has 3 aromatic rings. The average Bonchev–Trinajstić information content (AvgIpc) is 3.24. The van der Waals surface area contributed by atoms with E-state index >= 15 is 0 Å². The highest BCUT2D eigenvalue weighted by Crippen LogP contribution is 2.34. The van der Waals surface area contributed by atoms with E-state index in [0.29, 0.717) is 17.9 Å². The SMILES string of the molecule is CCCOc1cc(-c2cc(-c3ccc(C(N)=O)cc3)on2)ccc1N(CC)CC. The van der Waals surface area contributed by atoms with E-state index < -0.39 is 5.91 Å². The van der Waals surface area contributed by atoms with Gasteiger partial charge >= 0.3 is 0 Å². The molecule has 0 saturated carbocycles. The molecular weight excluding hydrogens is 366 g/mol. The van der Waals surface area contributed by atoms with Crippen molar-refractivity contribution in [1.82, 2.24) is 5.16 Å². The third-order valence-corrected chi connectivity index (χ3v) is 4.79. The lowest BCUT2D eigenvalue weighted by Crippen LogP contribution is -2.22. The van der Waals surface area contributed by atoms with Crippen LogP contribution in [0.25, 0.3) is 22.6 Å². The van der Waals surface area contributed by atoms with Crippen molar-refractivity contribution in [3.05, 3.63) is 54.1 Å². The first-order valence-electron chi connectivity index (χ1n) is 9.96. The molecule has 0 aliphatic rings. The van der Waals surface area contributed by atoms with Crippen LogP contribution in [0.4, 0.5) is 5.69 Å². The molecule has 0 radical (unpaired) electrons. The maximum Gasteiger partial charge on any atom is 0.248 e. The number of carbonyl (C=O) groups excluding carboxylic acids is 1. The number of nitrogens with two attached hydrogens (primary N) is 1. The normalized spacial score (nSPS) is 10.7. The Morgan fingerprint density at radius 2 is 1.72 bits per heavy atom. The third-order valence-electron chi connectivity index (χ3n) is 4.79. The molecule has 29 heavy (non-hydrogen) atoms. The van der Waals surface area contributed by atoms with Crippen LogP contribution < -0.4 is 15.4 Å². The van der Waals surface area contributed by atoms with Crippen molar-refractivity contribution >= 4 is 11.6 Å². The summed E-state index contributed by atoms with van der Waals surface area (Å²) >= 11 is 0. The Labute approximate surface area is 171 Å². The molecule has 2 aromatic carbocycles. The van der Waals surface area contributed by atoms with E-state index in [1.165, 1.54) is 0 Å². The molecule has 0 unspecified atom stereocenters. The number of ether oxygens (including phenoxy) is 1. The number of anilines is 1. The fraction of sp³-hybridized carbons (Fsp3) is 0.304. The van der Waals surface area contributed by atoms with Crippen molar-refractivity contribution in [3.63, 3.8) is 0 Å². The zero-order valence-electron chi connectivity index (χ0n) is 17.1. The number of amides is 1. The lowest BCUT2D eigenvalue weighted by molar-refractivity contribution is 0.100. The first kappa shape index (κ1) is 20.5. The number of primary amides is 1. The Morgan fingerprint density at radius 1 is 1.03 bits per heavy atom. The number of hydrogen-bond donors (Lipinski definition) is 1. The van der Waals surface area contributed by atoms with Gasteiger partial charge < -0.3 is 19.9 Å². The Balaban J connectivity index is 1.91. The molecule has 3 rings (SSSR count). The molecule has 1 amide bonds. The lowest BCUT2D eigenvalue weighted by Gasteiger charge is -2.24. The van der Waals surface area contributed by atoms with Crippen LogP contribution in [0.1, 0.15) is 37.6 Å². The Morgan fingerprint density at radius 3 is 2.34 bits per heavy atom. The zero-order chi connectivity index (χ0) is 20.8. The van der Waals surface area contributed by atoms with Gasteiger partial charge in [0, 0.05) is 35.8 Å². The highest BCUT2D eigenvalue weighted by Gasteiger charge is 2.14. The van der Waals surface area contributed by atoms with Crippen LogP contribution >= 0.6 is 0 Å². The quantitative estimate of drug-likeness (QED) is 0.568. The van der Waals surface area contributed by atoms with Crippen LogP contribution in [-0.4, -0.2) is 30.8 Å². The van der Waals surface area contributed by atoms with E-state index in [9.17, 15) is 4.79 Å². The van der Waals surface area contributed by atoms with Crippen LogP contribution in [0.2, 0.25) is 0 Å². The van der Waals surface area contributed by atoms with Crippen molar-refractivity contribution in [2.75, 3.05) is 24.6 Å². The average molecular weight is 393 g/mol. The second kappa shape index (κ2) is 9.28. The topological polar surface area (TPSA) is 81.6 Å². The van der Waals surface area contributed by atoms with Crippen molar-refractivity contribution < 1.29 is 14.1 Å². The number of hydrogen-bond acceptors (Lipinski definition) is 5. The van der Waals surface area contributed by atoms with E-state index in [1.807, 2.05) is 18.2 Å². The summed E-state index contributed by atoms with van der Waals surface area (Å²) in [6, 6.07) is 14.9. The molecule has 0 aliphatic heterocycles. The summed E-state index contributed by atoms with van der Waals surface area (Å²) in [4.78, 5) is 13.5. The molecule has 1 aromatic heterocycles. The molecule has 6 heteroatoms. The molecule has 0 fully saturated rings. The number of nitrogens with zero attached hydrogens (tertiary/aromatic N) is 2. The fourth-order valence-corrected chi connectivity index (χ4v) is 3.17. The monoisotopic (exact) mass is 393 g/mol. The van der Waals surface area contributed by atoms with Gasteiger partial charge in [0.15, 0.2) is 5.76 Å². The van der Waals surface area contributed by atoms with Crippen LogP contribution in [0.3, 0.4) is 0 Å². The summed E-state index contributed by atoms with van der Waals surface area (Å²) in [6.45, 7) is 8.84. The number of rotatable bonds is 9. The van der Waals surface area contributed by atoms with Gasteiger partial charge in [0.1, 0.15) is 11.4 Å². The first-order chi connectivity index (χ1) is 14.1. The molecule has 2 N–H and O–H groups in total. The first-order valence-corrected chi connectivity index (χ1v) is 9.96. The summed E-state index contributed by atoms with van der Waals surface area (Å²) in [5.41, 5.74) is 9.32. The molecule has 1 heterocycles. The molecule has 6 nitrogen and oxygen atoms in total. The van der Waals surface area contributed by atoms with Gasteiger partial charge in [0.05, 0.1) is 12.3 Å². The molecule has 0 spiro atoms. The third kappa shape index (κ3) is 4.59. The Kier molecular flexibility index (Phi) is 6.54. The van der Waals surface area contributed by atoms with Crippen LogP contribution in [-0.2, 0) is 0 Å². The second-order valence-corrected chi connectivity index (χ2v) is 6.72. The second-order valence-electron chi connectivity index (χ2n) is 6.72. The van der Waals surface area contributed by atoms with Crippen molar-refractivity contribution in [2.45, 2.75) is 27.2 Å². The summed E-state index contributed by atoms with van der Waals surface area (Å²) in [6.07, 6.45) is 0.942. The van der Waals surface area contributed by atoms with E-state index in [-0.39, 0.29) is 0 Å². The fourth-order valence-electron chi connectivity index (χ4n) is 3.17. The summed E-state index contributed by atoms with van der Waals surface area (Å²) in [5, 5.41) is 4.22. The van der Waals surface area contributed by atoms with Crippen LogP contribution in [0.5, 0.6) is 5.75 Å². The number of benzene rings is 2. The van der Waals surface area contributed by atoms with Crippen LogP contribution in [0, 0.1) is 0 Å². The standard InChI is InChI=1S/C23H27N3O3/c1-4-13-28-22-14-18(11-12-20(22)26(5-2)6-3)19-15-21(29-25-19)16-7-9-17(10-8-16)23(24)27/h7-12,14-15H,4-6,13H2,1-3H3,(H2,24,27). The van der Waals surface area contributed by atoms with Gasteiger partial charge in [-0.25, -0.2) is 0 Å². The van der Waals surface area contributed by atoms with E-state index in [4.69, 9.17) is 15.0 Å². The Hall–Kier alpha value is -3.28. The molecular formula is C23H27N3O3. The van der Waals surface area contributed by atoms with Crippen molar-refractivity contribution in [3.8, 4) is 28.3 Å². The smallest absolute Gasteiger partial charge is 0.248 e. The maximum absolute atomic E-state index is 11.2. The minimum absolute atomic E-state index is 0.456. The molecule has 0 saturated heterocycles. The Bertz CT molecular complexity index is 960. The van der Waals surface area contributed by atoms with Gasteiger partial charge in [-0.2, -0.15) is 0 Å². The number of aromatic nitrogens is 1. The predicted molar refractivity (Wildman–Crippen MR) is 115 cm³/mol. The van der Waals surface area contributed by atoms with E-state index in [0.717, 1.165) is 47.8 Å². The number of carbonyl (C=O) groups is 1. The summed E-state index contributed by atoms with van der Waals surface area (Å²) in [5.74, 6) is 1.02. The van der Waals surface area contributed by atoms with Crippen LogP contribution in [0.15, 0.2) is 53.1 Å². The van der Waals surface area contributed by atoms with E-state index in [2.05, 4.69) is 36.9 Å².